The van der Waals surface area contributed by atoms with Gasteiger partial charge in [-0.25, -0.2) is 4.98 Å². The minimum absolute atomic E-state index is 0.860. The number of aromatic nitrogens is 3. The molecule has 0 bridgehead atoms. The first kappa shape index (κ1) is 10.9. The Morgan fingerprint density at radius 1 is 1.24 bits per heavy atom. The first-order chi connectivity index (χ1) is 8.25. The summed E-state index contributed by atoms with van der Waals surface area (Å²) in [6.07, 6.45) is 0. The standard InChI is InChI=1S/C11H7N3S3/c1-6-9(17-14-13-6)10-12-8-5-3-2-4-7(8)11(15)16-10/h2-5H,1H3. The van der Waals surface area contributed by atoms with Crippen molar-refractivity contribution >= 4 is 46.0 Å². The van der Waals surface area contributed by atoms with Crippen molar-refractivity contribution in [2.24, 2.45) is 0 Å². The topological polar surface area (TPSA) is 38.7 Å². The number of para-hydroxylation sites is 1. The summed E-state index contributed by atoms with van der Waals surface area (Å²) in [5, 5.41) is 5.94. The predicted molar refractivity (Wildman–Crippen MR) is 74.1 cm³/mol. The van der Waals surface area contributed by atoms with Gasteiger partial charge in [0.1, 0.15) is 13.7 Å². The summed E-state index contributed by atoms with van der Waals surface area (Å²) in [5.74, 6) is 0. The summed E-state index contributed by atoms with van der Waals surface area (Å²) < 4.78 is 4.79. The van der Waals surface area contributed by atoms with Crippen LogP contribution in [-0.2, 0) is 0 Å². The van der Waals surface area contributed by atoms with Crippen molar-refractivity contribution in [3.63, 3.8) is 0 Å². The number of nitrogens with zero attached hydrogens (tertiary/aromatic N) is 3. The van der Waals surface area contributed by atoms with Gasteiger partial charge in [0, 0.05) is 5.39 Å². The SMILES string of the molecule is Cc1nnsc1-c1nc2ccccc2c(=S)s1. The summed E-state index contributed by atoms with van der Waals surface area (Å²) in [4.78, 5) is 5.63. The van der Waals surface area contributed by atoms with Crippen LogP contribution in [0.4, 0.5) is 0 Å². The van der Waals surface area contributed by atoms with E-state index in [1.54, 1.807) is 0 Å². The van der Waals surface area contributed by atoms with E-state index in [1.165, 1.54) is 22.9 Å². The van der Waals surface area contributed by atoms with Gasteiger partial charge in [-0.15, -0.1) is 16.4 Å². The predicted octanol–water partition coefficient (Wildman–Crippen LogP) is 3.85. The van der Waals surface area contributed by atoms with Gasteiger partial charge in [-0.3, -0.25) is 0 Å². The highest BCUT2D eigenvalue weighted by Crippen LogP contribution is 2.30. The lowest BCUT2D eigenvalue weighted by Gasteiger charge is -2.00. The van der Waals surface area contributed by atoms with E-state index in [9.17, 15) is 0 Å². The maximum atomic E-state index is 5.40. The molecule has 0 spiro atoms. The average molecular weight is 277 g/mol. The number of hydrogen-bond acceptors (Lipinski definition) is 6. The molecule has 0 fully saturated rings. The van der Waals surface area contributed by atoms with E-state index in [2.05, 4.69) is 14.6 Å². The van der Waals surface area contributed by atoms with Crippen molar-refractivity contribution in [3.05, 3.63) is 33.8 Å². The first-order valence-electron chi connectivity index (χ1n) is 4.95. The van der Waals surface area contributed by atoms with Crippen molar-refractivity contribution in [2.75, 3.05) is 0 Å². The van der Waals surface area contributed by atoms with Crippen LogP contribution in [0.15, 0.2) is 24.3 Å². The Balaban J connectivity index is 2.33. The van der Waals surface area contributed by atoms with E-state index in [0.29, 0.717) is 0 Å². The van der Waals surface area contributed by atoms with Crippen LogP contribution >= 0.6 is 35.1 Å². The smallest absolute Gasteiger partial charge is 0.138 e. The fourth-order valence-electron chi connectivity index (χ4n) is 1.54. The minimum Gasteiger partial charge on any atom is -0.236 e. The van der Waals surface area contributed by atoms with Gasteiger partial charge in [0.05, 0.1) is 11.2 Å². The fourth-order valence-corrected chi connectivity index (χ4v) is 3.57. The van der Waals surface area contributed by atoms with Gasteiger partial charge in [0.15, 0.2) is 0 Å². The normalized spacial score (nSPS) is 10.9. The highest BCUT2D eigenvalue weighted by molar-refractivity contribution is 7.74. The molecule has 2 heterocycles. The molecule has 0 atom stereocenters. The molecule has 2 aromatic heterocycles. The van der Waals surface area contributed by atoms with Gasteiger partial charge in [-0.2, -0.15) is 0 Å². The van der Waals surface area contributed by atoms with Crippen LogP contribution in [0.25, 0.3) is 20.8 Å². The van der Waals surface area contributed by atoms with Gasteiger partial charge in [-0.05, 0) is 24.5 Å². The van der Waals surface area contributed by atoms with Gasteiger partial charge in [-0.1, -0.05) is 34.9 Å². The molecule has 84 valence electrons. The quantitative estimate of drug-likeness (QED) is 0.633. The van der Waals surface area contributed by atoms with Gasteiger partial charge < -0.3 is 0 Å². The third kappa shape index (κ3) is 1.88. The Hall–Kier alpha value is -1.24. The third-order valence-corrected chi connectivity index (χ3v) is 4.71. The lowest BCUT2D eigenvalue weighted by molar-refractivity contribution is 1.09. The van der Waals surface area contributed by atoms with Crippen LogP contribution in [0.1, 0.15) is 5.69 Å². The summed E-state index contributed by atoms with van der Waals surface area (Å²) in [5.41, 5.74) is 1.84. The molecule has 0 aliphatic rings. The maximum Gasteiger partial charge on any atom is 0.138 e. The van der Waals surface area contributed by atoms with Crippen molar-refractivity contribution in [1.82, 2.24) is 14.6 Å². The Morgan fingerprint density at radius 3 is 2.82 bits per heavy atom. The third-order valence-electron chi connectivity index (χ3n) is 2.38. The minimum atomic E-state index is 0.860. The van der Waals surface area contributed by atoms with Crippen LogP contribution in [0.2, 0.25) is 0 Å². The molecule has 6 heteroatoms. The molecular formula is C11H7N3S3. The summed E-state index contributed by atoms with van der Waals surface area (Å²) in [6.45, 7) is 1.94. The molecule has 0 aliphatic heterocycles. The molecule has 0 saturated carbocycles. The zero-order chi connectivity index (χ0) is 11.8. The molecule has 0 aliphatic carbocycles. The molecule has 3 rings (SSSR count). The van der Waals surface area contributed by atoms with Crippen molar-refractivity contribution in [1.29, 1.82) is 0 Å². The summed E-state index contributed by atoms with van der Waals surface area (Å²) >= 11 is 8.27. The second kappa shape index (κ2) is 4.21. The first-order valence-corrected chi connectivity index (χ1v) is 6.95. The Kier molecular flexibility index (Phi) is 2.70. The zero-order valence-electron chi connectivity index (χ0n) is 8.88. The van der Waals surface area contributed by atoms with Crippen molar-refractivity contribution in [3.8, 4) is 9.88 Å². The largest absolute Gasteiger partial charge is 0.236 e. The van der Waals surface area contributed by atoms with Crippen LogP contribution in [0.3, 0.4) is 0 Å². The van der Waals surface area contributed by atoms with Crippen LogP contribution in [0.5, 0.6) is 0 Å². The lowest BCUT2D eigenvalue weighted by Crippen LogP contribution is -1.83. The zero-order valence-corrected chi connectivity index (χ0v) is 11.3. The fraction of sp³-hybridized carbons (Fsp3) is 0.0909. The van der Waals surface area contributed by atoms with Gasteiger partial charge >= 0.3 is 0 Å². The van der Waals surface area contributed by atoms with E-state index in [1.807, 2.05) is 31.2 Å². The lowest BCUT2D eigenvalue weighted by atomic mass is 10.2. The molecule has 0 unspecified atom stereocenters. The van der Waals surface area contributed by atoms with Crippen LogP contribution in [0, 0.1) is 10.7 Å². The van der Waals surface area contributed by atoms with E-state index in [4.69, 9.17) is 12.2 Å². The van der Waals surface area contributed by atoms with E-state index in [0.717, 1.165) is 30.3 Å². The Labute approximate surface area is 111 Å². The molecule has 1 aromatic carbocycles. The summed E-state index contributed by atoms with van der Waals surface area (Å²) in [6, 6.07) is 7.93. The molecule has 3 nitrogen and oxygen atoms in total. The Morgan fingerprint density at radius 2 is 2.06 bits per heavy atom. The van der Waals surface area contributed by atoms with E-state index in [-0.39, 0.29) is 0 Å². The average Bonchev–Trinajstić information content (AvgIpc) is 2.75. The molecule has 0 amide bonds. The number of hydrogen-bond donors (Lipinski definition) is 0. The second-order valence-corrected chi connectivity index (χ2v) is 5.93. The highest BCUT2D eigenvalue weighted by atomic mass is 32.1. The van der Waals surface area contributed by atoms with Crippen LogP contribution in [-0.4, -0.2) is 14.6 Å². The number of rotatable bonds is 1. The van der Waals surface area contributed by atoms with E-state index < -0.39 is 0 Å². The second-order valence-electron chi connectivity index (χ2n) is 3.51. The molecule has 0 N–H and O–H groups in total. The molecule has 0 saturated heterocycles. The van der Waals surface area contributed by atoms with Gasteiger partial charge in [0.25, 0.3) is 0 Å². The number of benzene rings is 1. The monoisotopic (exact) mass is 277 g/mol. The molecular weight excluding hydrogens is 270 g/mol. The molecule has 0 radical (unpaired) electrons. The van der Waals surface area contributed by atoms with Crippen LogP contribution < -0.4 is 0 Å². The molecule has 17 heavy (non-hydrogen) atoms. The highest BCUT2D eigenvalue weighted by Gasteiger charge is 2.10. The van der Waals surface area contributed by atoms with Crippen molar-refractivity contribution < 1.29 is 0 Å². The maximum absolute atomic E-state index is 5.40. The Bertz CT molecular complexity index is 745. The summed E-state index contributed by atoms with van der Waals surface area (Å²) in [7, 11) is 0. The number of fused-ring (bicyclic) bond motifs is 1. The number of aryl methyl sites for hydroxylation is 1. The van der Waals surface area contributed by atoms with E-state index >= 15 is 0 Å². The van der Waals surface area contributed by atoms with Crippen molar-refractivity contribution in [2.45, 2.75) is 6.92 Å². The van der Waals surface area contributed by atoms with Gasteiger partial charge in [0.2, 0.25) is 0 Å². The molecule has 3 aromatic rings.